The molecule has 26 nitrogen and oxygen atoms in total. The summed E-state index contributed by atoms with van der Waals surface area (Å²) in [6, 6.07) is 0.639. The Morgan fingerprint density at radius 1 is 0.753 bits per heavy atom. The summed E-state index contributed by atoms with van der Waals surface area (Å²) in [5, 5.41) is 91.4. The average molecular weight is 1190 g/mol. The number of nitrogens with zero attached hydrogens (tertiary/aromatic N) is 4. The molecule has 0 spiro atoms. The van der Waals surface area contributed by atoms with Crippen molar-refractivity contribution in [1.82, 2.24) is 41.3 Å². The van der Waals surface area contributed by atoms with Crippen LogP contribution in [0.1, 0.15) is 107 Å². The van der Waals surface area contributed by atoms with Crippen LogP contribution < -0.4 is 47.7 Å². The van der Waals surface area contributed by atoms with Gasteiger partial charge in [-0.15, -0.1) is 0 Å². The molecule has 472 valence electrons. The second-order valence-corrected chi connectivity index (χ2v) is 23.8. The first-order valence-electron chi connectivity index (χ1n) is 30.3. The van der Waals surface area contributed by atoms with Gasteiger partial charge in [-0.3, -0.25) is 38.5 Å². The van der Waals surface area contributed by atoms with Crippen molar-refractivity contribution in [1.29, 1.82) is 0 Å². The van der Waals surface area contributed by atoms with Gasteiger partial charge in [0.15, 0.2) is 11.5 Å². The molecule has 0 bridgehead atoms. The zero-order chi connectivity index (χ0) is 61.6. The van der Waals surface area contributed by atoms with Gasteiger partial charge in [0.05, 0.1) is 36.6 Å². The normalized spacial score (nSPS) is 30.0. The Morgan fingerprint density at radius 2 is 1.42 bits per heavy atom. The lowest BCUT2D eigenvalue weighted by Gasteiger charge is -2.42. The fraction of sp³-hybridized carbons (Fsp3) is 0.678. The van der Waals surface area contributed by atoms with Gasteiger partial charge in [0, 0.05) is 94.8 Å². The maximum Gasteiger partial charge on any atom is 0.251 e. The van der Waals surface area contributed by atoms with Crippen LogP contribution in [-0.4, -0.2) is 236 Å². The molecule has 1 aliphatic carbocycles. The number of benzene rings is 2. The first-order chi connectivity index (χ1) is 40.6. The van der Waals surface area contributed by atoms with Crippen molar-refractivity contribution in [3.05, 3.63) is 53.6 Å². The van der Waals surface area contributed by atoms with E-state index in [1.807, 2.05) is 0 Å². The topological polar surface area (TPSA) is 395 Å². The third-order valence-corrected chi connectivity index (χ3v) is 17.4. The second kappa shape index (κ2) is 30.9. The summed E-state index contributed by atoms with van der Waals surface area (Å²) >= 11 is 0. The first-order valence-corrected chi connectivity index (χ1v) is 30.3. The highest BCUT2D eigenvalue weighted by Gasteiger charge is 2.50. The van der Waals surface area contributed by atoms with Gasteiger partial charge in [-0.05, 0) is 93.5 Å². The summed E-state index contributed by atoms with van der Waals surface area (Å²) in [6.07, 6.45) is -1.48. The van der Waals surface area contributed by atoms with E-state index in [2.05, 4.69) is 43.3 Å². The number of unbranched alkanes of at least 4 members (excludes halogenated alkanes) is 2. The van der Waals surface area contributed by atoms with E-state index in [0.29, 0.717) is 6.04 Å². The molecule has 1 saturated carbocycles. The quantitative estimate of drug-likeness (QED) is 0.0675. The summed E-state index contributed by atoms with van der Waals surface area (Å²) in [7, 11) is 0. The number of hydrogen-bond acceptors (Lipinski definition) is 19. The van der Waals surface area contributed by atoms with E-state index in [1.165, 1.54) is 76.5 Å². The number of carbonyl (C=O) groups is 7. The van der Waals surface area contributed by atoms with Gasteiger partial charge in [0.2, 0.25) is 35.4 Å². The summed E-state index contributed by atoms with van der Waals surface area (Å²) in [5.74, 6) is -7.55. The van der Waals surface area contributed by atoms with Crippen molar-refractivity contribution in [2.75, 3.05) is 70.4 Å². The van der Waals surface area contributed by atoms with Crippen LogP contribution in [0.15, 0.2) is 42.5 Å². The lowest BCUT2D eigenvalue weighted by Crippen LogP contribution is -2.64. The van der Waals surface area contributed by atoms with E-state index in [-0.39, 0.29) is 55.3 Å². The standard InChI is InChI=1S/C59H91N11O15/c1-4-5-6-7-35-8-13-38(14-9-35)67-21-23-68(24-22-67)39-15-11-37(12-16-39)53(78)63-42-28-40(72)30-62-57(82)51-52(77)33(2)31-70(51)59(84)50(45(75)18-19-60)66-56(81)49(46(76)26-36-10-17-44(74)47(27-36)85-25-20-61)65-55(80)43-29-41(73)32-69(43)58(83)48(34(3)71)64-54(42)79/h10-12,15-17,27,33-35,38,40-43,45-46,48-52,71-77H,4-9,13-14,18-26,28-32,60-61H2,1-3H3,(H,62,82)(H,63,78)(H,64,79)(H,65,80)(H,66,81)/t33-,34+,35?,38?,40+,41+,42?,43-,45+,46+,48-,49-,50-,51-,52-/m0/s1. The van der Waals surface area contributed by atoms with Gasteiger partial charge >= 0.3 is 0 Å². The number of aromatic hydroxyl groups is 1. The SMILES string of the molecule is CCCCCC1CCC(N2CCN(c3ccc(C(=O)NC4C[C@@H](O)CNC(=O)[C@@H]5[C@@H](O)[C@@H](C)CN5C(=O)[C@H]([C@H](O)CCN)NC(=O)[C@H]([C@H](O)Cc5ccc(O)c(OCCN)c5)NC(=O)[C@@H]5C[C@@H](O)CN5C(=O)[C@H]([C@@H](C)O)NC4=O)cc3)CC2)CC1. The summed E-state index contributed by atoms with van der Waals surface area (Å²) in [4.78, 5) is 108. The summed E-state index contributed by atoms with van der Waals surface area (Å²) in [6.45, 7) is 6.87. The van der Waals surface area contributed by atoms with Gasteiger partial charge in [-0.2, -0.15) is 0 Å². The van der Waals surface area contributed by atoms with Crippen LogP contribution in [0, 0.1) is 11.8 Å². The molecule has 0 aromatic heterocycles. The molecule has 85 heavy (non-hydrogen) atoms. The molecule has 4 saturated heterocycles. The number of carbonyl (C=O) groups excluding carboxylic acids is 7. The van der Waals surface area contributed by atoms with Crippen molar-refractivity contribution in [3.8, 4) is 11.5 Å². The number of nitrogens with two attached hydrogens (primary N) is 2. The van der Waals surface area contributed by atoms with Gasteiger partial charge in [0.25, 0.3) is 5.91 Å². The molecule has 7 rings (SSSR count). The number of rotatable bonds is 18. The molecule has 7 amide bonds. The molecule has 0 radical (unpaired) electrons. The van der Waals surface area contributed by atoms with Crippen molar-refractivity contribution in [2.45, 2.75) is 177 Å². The highest BCUT2D eigenvalue weighted by Crippen LogP contribution is 2.33. The van der Waals surface area contributed by atoms with E-state index in [9.17, 15) is 69.3 Å². The third kappa shape index (κ3) is 17.1. The maximum absolute atomic E-state index is 14.7. The number of β-amino-alcohol motifs (C(OH)–C–C–N with tert-alkyl or cyclic N) is 1. The van der Waals surface area contributed by atoms with Gasteiger partial charge < -0.3 is 93.2 Å². The molecule has 26 heteroatoms. The molecular weight excluding hydrogens is 1100 g/mol. The van der Waals surface area contributed by atoms with E-state index < -0.39 is 152 Å². The van der Waals surface area contributed by atoms with E-state index in [1.54, 1.807) is 31.2 Å². The third-order valence-electron chi connectivity index (χ3n) is 17.4. The minimum atomic E-state index is -2.02. The Kier molecular flexibility index (Phi) is 24.1. The Labute approximate surface area is 496 Å². The molecule has 16 N–H and O–H groups in total. The zero-order valence-electron chi connectivity index (χ0n) is 49.1. The number of hydrogen-bond donors (Lipinski definition) is 14. The molecule has 2 aromatic carbocycles. The molecule has 4 heterocycles. The fourth-order valence-corrected chi connectivity index (χ4v) is 12.5. The minimum Gasteiger partial charge on any atom is -0.504 e. The van der Waals surface area contributed by atoms with E-state index >= 15 is 0 Å². The molecule has 5 aliphatic rings. The van der Waals surface area contributed by atoms with Crippen LogP contribution in [0.25, 0.3) is 0 Å². The van der Waals surface area contributed by atoms with Gasteiger partial charge in [0.1, 0.15) is 42.9 Å². The smallest absolute Gasteiger partial charge is 0.251 e. The Hall–Kier alpha value is -6.23. The summed E-state index contributed by atoms with van der Waals surface area (Å²) < 4.78 is 5.52. The van der Waals surface area contributed by atoms with Crippen molar-refractivity contribution in [2.24, 2.45) is 23.3 Å². The van der Waals surface area contributed by atoms with Crippen molar-refractivity contribution < 1.29 is 74.0 Å². The fourth-order valence-electron chi connectivity index (χ4n) is 12.5. The summed E-state index contributed by atoms with van der Waals surface area (Å²) in [5.41, 5.74) is 12.7. The van der Waals surface area contributed by atoms with Crippen LogP contribution in [-0.2, 0) is 35.2 Å². The first kappa shape index (κ1) is 66.3. The largest absolute Gasteiger partial charge is 0.504 e. The molecule has 13 atom stereocenters. The average Bonchev–Trinajstić information content (AvgIpc) is 4.12. The lowest BCUT2D eigenvalue weighted by molar-refractivity contribution is -0.147. The zero-order valence-corrected chi connectivity index (χ0v) is 49.1. The number of phenols is 1. The highest BCUT2D eigenvalue weighted by molar-refractivity contribution is 6.00. The lowest BCUT2D eigenvalue weighted by atomic mass is 9.82. The molecular formula is C59H91N11O15. The second-order valence-electron chi connectivity index (χ2n) is 23.8. The maximum atomic E-state index is 14.7. The number of ether oxygens (including phenoxy) is 1. The number of fused-ring (bicyclic) bond motifs is 2. The van der Waals surface area contributed by atoms with Crippen LogP contribution in [0.3, 0.4) is 0 Å². The Bertz CT molecular complexity index is 2590. The van der Waals surface area contributed by atoms with E-state index in [0.717, 1.165) is 47.6 Å². The van der Waals surface area contributed by atoms with Crippen molar-refractivity contribution >= 4 is 47.0 Å². The molecule has 4 aliphatic heterocycles. The predicted molar refractivity (Wildman–Crippen MR) is 311 cm³/mol. The van der Waals surface area contributed by atoms with Crippen LogP contribution in [0.4, 0.5) is 5.69 Å². The number of piperazine rings is 1. The molecule has 2 aromatic rings. The Balaban J connectivity index is 1.14. The van der Waals surface area contributed by atoms with Crippen LogP contribution in [0.5, 0.6) is 11.5 Å². The number of aliphatic hydroxyl groups is 6. The number of phenolic OH excluding ortho intramolecular Hbond substituents is 1. The highest BCUT2D eigenvalue weighted by atomic mass is 16.5. The van der Waals surface area contributed by atoms with Gasteiger partial charge in [-0.1, -0.05) is 45.6 Å². The Morgan fingerprint density at radius 3 is 2.08 bits per heavy atom. The predicted octanol–water partition coefficient (Wildman–Crippen LogP) is -2.71. The number of nitrogens with one attached hydrogen (secondary N) is 5. The minimum absolute atomic E-state index is 0.00498. The molecule has 5 fully saturated rings. The van der Waals surface area contributed by atoms with Crippen LogP contribution >= 0.6 is 0 Å². The monoisotopic (exact) mass is 1190 g/mol. The number of aliphatic hydroxyl groups excluding tert-OH is 6. The van der Waals surface area contributed by atoms with Crippen LogP contribution in [0.2, 0.25) is 0 Å². The molecule has 1 unspecified atom stereocenters. The number of amides is 7. The van der Waals surface area contributed by atoms with Gasteiger partial charge in [-0.25, -0.2) is 0 Å². The van der Waals surface area contributed by atoms with E-state index in [4.69, 9.17) is 16.2 Å². The van der Waals surface area contributed by atoms with Crippen molar-refractivity contribution in [3.63, 3.8) is 0 Å². The number of anilines is 1.